The van der Waals surface area contributed by atoms with Crippen LogP contribution in [0.25, 0.3) is 6.08 Å². The molecule has 2 rings (SSSR count). The molecule has 1 atom stereocenters. The molecular weight excluding hydrogens is 316 g/mol. The van der Waals surface area contributed by atoms with Gasteiger partial charge in [0.05, 0.1) is 0 Å². The van der Waals surface area contributed by atoms with Gasteiger partial charge < -0.3 is 14.9 Å². The van der Waals surface area contributed by atoms with Crippen molar-refractivity contribution in [1.82, 2.24) is 9.80 Å². The van der Waals surface area contributed by atoms with E-state index in [2.05, 4.69) is 0 Å². The number of amides is 2. The minimum atomic E-state index is -1.00. The van der Waals surface area contributed by atoms with Crippen molar-refractivity contribution in [3.63, 3.8) is 0 Å². The van der Waals surface area contributed by atoms with E-state index in [-0.39, 0.29) is 11.8 Å². The first kappa shape index (κ1) is 17.5. The molecule has 23 heavy (non-hydrogen) atoms. The maximum absolute atomic E-state index is 12.5. The Labute approximate surface area is 141 Å². The second-order valence-corrected chi connectivity index (χ2v) is 6.05. The van der Waals surface area contributed by atoms with E-state index in [1.54, 1.807) is 28.9 Å². The van der Waals surface area contributed by atoms with Gasteiger partial charge >= 0.3 is 0 Å². The Balaban J connectivity index is 2.00. The smallest absolute Gasteiger partial charge is 0.251 e. The monoisotopic (exact) mass is 336 g/mol. The van der Waals surface area contributed by atoms with Crippen LogP contribution in [0.5, 0.6) is 0 Å². The normalized spacial score (nSPS) is 17.1. The molecule has 1 N–H and O–H groups in total. The third-order valence-corrected chi connectivity index (χ3v) is 4.19. The molecular formula is C17H21ClN2O3. The first-order valence-corrected chi connectivity index (χ1v) is 7.97. The molecule has 1 unspecified atom stereocenters. The maximum atomic E-state index is 12.5. The molecule has 0 aromatic heterocycles. The van der Waals surface area contributed by atoms with Crippen molar-refractivity contribution in [2.45, 2.75) is 20.0 Å². The van der Waals surface area contributed by atoms with Gasteiger partial charge in [0, 0.05) is 36.8 Å². The molecule has 0 spiro atoms. The summed E-state index contributed by atoms with van der Waals surface area (Å²) in [7, 11) is 0. The molecule has 0 saturated carbocycles. The number of piperazine rings is 1. The van der Waals surface area contributed by atoms with Crippen molar-refractivity contribution in [2.75, 3.05) is 26.2 Å². The van der Waals surface area contributed by atoms with E-state index in [1.807, 2.05) is 18.2 Å². The lowest BCUT2D eigenvalue weighted by atomic mass is 10.1. The molecule has 1 saturated heterocycles. The molecule has 5 nitrogen and oxygen atoms in total. The van der Waals surface area contributed by atoms with Crippen LogP contribution in [0.3, 0.4) is 0 Å². The van der Waals surface area contributed by atoms with Gasteiger partial charge in [0.2, 0.25) is 5.91 Å². The second-order valence-electron chi connectivity index (χ2n) is 5.64. The van der Waals surface area contributed by atoms with Crippen LogP contribution in [-0.4, -0.2) is 59.0 Å². The minimum absolute atomic E-state index is 0.0611. The number of carbonyl (C=O) groups is 2. The van der Waals surface area contributed by atoms with Gasteiger partial charge in [0.25, 0.3) is 5.91 Å². The van der Waals surface area contributed by atoms with Gasteiger partial charge in [-0.3, -0.25) is 9.59 Å². The zero-order valence-electron chi connectivity index (χ0n) is 13.3. The Morgan fingerprint density at radius 1 is 1.17 bits per heavy atom. The van der Waals surface area contributed by atoms with Gasteiger partial charge in [-0.25, -0.2) is 0 Å². The van der Waals surface area contributed by atoms with Crippen LogP contribution in [0.15, 0.2) is 29.8 Å². The Morgan fingerprint density at radius 3 is 2.30 bits per heavy atom. The molecule has 0 bridgehead atoms. The molecule has 6 heteroatoms. The summed E-state index contributed by atoms with van der Waals surface area (Å²) in [6.07, 6.45) is 0.775. The van der Waals surface area contributed by atoms with Crippen LogP contribution in [0.2, 0.25) is 5.02 Å². The molecule has 124 valence electrons. The lowest BCUT2D eigenvalue weighted by Gasteiger charge is -2.35. The quantitative estimate of drug-likeness (QED) is 0.856. The van der Waals surface area contributed by atoms with Crippen molar-refractivity contribution in [3.8, 4) is 0 Å². The van der Waals surface area contributed by atoms with E-state index in [4.69, 9.17) is 11.6 Å². The van der Waals surface area contributed by atoms with E-state index in [0.717, 1.165) is 5.56 Å². The summed E-state index contributed by atoms with van der Waals surface area (Å²) in [5.41, 5.74) is 1.41. The van der Waals surface area contributed by atoms with Crippen molar-refractivity contribution >= 4 is 29.5 Å². The first-order chi connectivity index (χ1) is 10.9. The maximum Gasteiger partial charge on any atom is 0.251 e. The SMILES string of the molecule is C/C(=C\c1ccccc1Cl)C(=O)N1CCN(C(=O)C(C)O)CC1. The first-order valence-electron chi connectivity index (χ1n) is 7.59. The number of carbonyl (C=O) groups excluding carboxylic acids is 2. The van der Waals surface area contributed by atoms with Crippen molar-refractivity contribution < 1.29 is 14.7 Å². The summed E-state index contributed by atoms with van der Waals surface area (Å²) in [5.74, 6) is -0.352. The largest absolute Gasteiger partial charge is 0.384 e. The highest BCUT2D eigenvalue weighted by Gasteiger charge is 2.26. The fraction of sp³-hybridized carbons (Fsp3) is 0.412. The lowest BCUT2D eigenvalue weighted by molar-refractivity contribution is -0.143. The number of aliphatic hydroxyl groups is 1. The Bertz CT molecular complexity index is 620. The average molecular weight is 337 g/mol. The number of nitrogens with zero attached hydrogens (tertiary/aromatic N) is 2. The zero-order chi connectivity index (χ0) is 17.0. The van der Waals surface area contributed by atoms with E-state index in [0.29, 0.717) is 36.8 Å². The lowest BCUT2D eigenvalue weighted by Crippen LogP contribution is -2.52. The van der Waals surface area contributed by atoms with E-state index in [9.17, 15) is 14.7 Å². The number of hydrogen-bond donors (Lipinski definition) is 1. The van der Waals surface area contributed by atoms with Crippen molar-refractivity contribution in [1.29, 1.82) is 0 Å². The summed E-state index contributed by atoms with van der Waals surface area (Å²) in [6, 6.07) is 7.36. The summed E-state index contributed by atoms with van der Waals surface area (Å²) < 4.78 is 0. The van der Waals surface area contributed by atoms with Crippen LogP contribution in [-0.2, 0) is 9.59 Å². The molecule has 1 aliphatic rings. The third kappa shape index (κ3) is 4.33. The highest BCUT2D eigenvalue weighted by molar-refractivity contribution is 6.32. The van der Waals surface area contributed by atoms with Gasteiger partial charge in [0.15, 0.2) is 0 Å². The minimum Gasteiger partial charge on any atom is -0.384 e. The van der Waals surface area contributed by atoms with Crippen molar-refractivity contribution in [2.24, 2.45) is 0 Å². The van der Waals surface area contributed by atoms with Crippen LogP contribution < -0.4 is 0 Å². The fourth-order valence-electron chi connectivity index (χ4n) is 2.53. The molecule has 1 heterocycles. The number of halogens is 1. The van der Waals surface area contributed by atoms with E-state index < -0.39 is 6.10 Å². The van der Waals surface area contributed by atoms with Crippen LogP contribution in [0.1, 0.15) is 19.4 Å². The summed E-state index contributed by atoms with van der Waals surface area (Å²) in [6.45, 7) is 5.02. The number of hydrogen-bond acceptors (Lipinski definition) is 3. The molecule has 1 aromatic carbocycles. The Kier molecular flexibility index (Phi) is 5.80. The molecule has 1 fully saturated rings. The predicted molar refractivity (Wildman–Crippen MR) is 89.9 cm³/mol. The molecule has 1 aromatic rings. The Morgan fingerprint density at radius 2 is 1.74 bits per heavy atom. The standard InChI is InChI=1S/C17H21ClN2O3/c1-12(11-14-5-3-4-6-15(14)18)16(22)19-7-9-20(10-8-19)17(23)13(2)21/h3-6,11,13,21H,7-10H2,1-2H3/b12-11+. The fourth-order valence-corrected chi connectivity index (χ4v) is 2.72. The van der Waals surface area contributed by atoms with Gasteiger partial charge in [-0.1, -0.05) is 29.8 Å². The summed E-state index contributed by atoms with van der Waals surface area (Å²) >= 11 is 6.11. The molecule has 2 amide bonds. The van der Waals surface area contributed by atoms with Gasteiger partial charge in [-0.2, -0.15) is 0 Å². The predicted octanol–water partition coefficient (Wildman–Crippen LogP) is 1.79. The third-order valence-electron chi connectivity index (χ3n) is 3.85. The van der Waals surface area contributed by atoms with Crippen molar-refractivity contribution in [3.05, 3.63) is 40.4 Å². The number of benzene rings is 1. The summed E-state index contributed by atoms with van der Waals surface area (Å²) in [5, 5.41) is 9.94. The molecule has 0 radical (unpaired) electrons. The number of rotatable bonds is 3. The van der Waals surface area contributed by atoms with E-state index >= 15 is 0 Å². The van der Waals surface area contributed by atoms with Crippen LogP contribution in [0, 0.1) is 0 Å². The highest BCUT2D eigenvalue weighted by Crippen LogP contribution is 2.19. The van der Waals surface area contributed by atoms with Crippen LogP contribution in [0.4, 0.5) is 0 Å². The van der Waals surface area contributed by atoms with Gasteiger partial charge in [0.1, 0.15) is 6.10 Å². The molecule has 1 aliphatic heterocycles. The topological polar surface area (TPSA) is 60.9 Å². The zero-order valence-corrected chi connectivity index (χ0v) is 14.1. The van der Waals surface area contributed by atoms with Gasteiger partial charge in [-0.05, 0) is 31.6 Å². The van der Waals surface area contributed by atoms with Crippen LogP contribution >= 0.6 is 11.6 Å². The second kappa shape index (κ2) is 7.62. The van der Waals surface area contributed by atoms with E-state index in [1.165, 1.54) is 6.92 Å². The number of aliphatic hydroxyl groups excluding tert-OH is 1. The average Bonchev–Trinajstić information content (AvgIpc) is 2.55. The Hall–Kier alpha value is -1.85. The van der Waals surface area contributed by atoms with Gasteiger partial charge in [-0.15, -0.1) is 0 Å². The highest BCUT2D eigenvalue weighted by atomic mass is 35.5. The molecule has 0 aliphatic carbocycles. The summed E-state index contributed by atoms with van der Waals surface area (Å²) in [4.78, 5) is 27.5.